The normalized spacial score (nSPS) is 13.3. The molecule has 0 heterocycles. The van der Waals surface area contributed by atoms with Crippen molar-refractivity contribution in [2.75, 3.05) is 27.4 Å². The maximum absolute atomic E-state index is 12.0. The van der Waals surface area contributed by atoms with Gasteiger partial charge in [0.25, 0.3) is 0 Å². The average molecular weight is 332 g/mol. The van der Waals surface area contributed by atoms with Crippen molar-refractivity contribution in [1.82, 2.24) is 5.32 Å². The van der Waals surface area contributed by atoms with Gasteiger partial charge in [0.05, 0.1) is 24.8 Å². The van der Waals surface area contributed by atoms with Crippen LogP contribution in [0.4, 0.5) is 13.2 Å². The second-order valence-electron chi connectivity index (χ2n) is 3.98. The number of methoxy groups -OCH3 is 1. The van der Waals surface area contributed by atoms with Gasteiger partial charge in [0.15, 0.2) is 0 Å². The minimum atomic E-state index is -4.36. The molecule has 1 atom stereocenters. The van der Waals surface area contributed by atoms with Crippen molar-refractivity contribution >= 4 is 23.2 Å². The standard InChI is InChI=1S/C12H14Cl2F3NO2/c1-18-10(5-20-6-12(15,16)17)7-3-9(14)11(19-2)4-8(7)13/h3-4,10,18H,5-6H2,1-2H3. The first-order valence-electron chi connectivity index (χ1n) is 5.63. The summed E-state index contributed by atoms with van der Waals surface area (Å²) < 4.78 is 45.8. The second kappa shape index (κ2) is 7.36. The first-order valence-corrected chi connectivity index (χ1v) is 6.38. The third kappa shape index (κ3) is 5.01. The predicted octanol–water partition coefficient (Wildman–Crippen LogP) is 3.84. The molecule has 0 amide bonds. The highest BCUT2D eigenvalue weighted by Gasteiger charge is 2.28. The summed E-state index contributed by atoms with van der Waals surface area (Å²) in [6, 6.07) is 2.54. The van der Waals surface area contributed by atoms with Gasteiger partial charge in [-0.2, -0.15) is 13.2 Å². The Labute approximate surface area is 125 Å². The fraction of sp³-hybridized carbons (Fsp3) is 0.500. The van der Waals surface area contributed by atoms with Gasteiger partial charge in [-0.3, -0.25) is 0 Å². The molecule has 3 nitrogen and oxygen atoms in total. The molecule has 0 radical (unpaired) electrons. The molecule has 1 aromatic rings. The summed E-state index contributed by atoms with van der Waals surface area (Å²) in [6.07, 6.45) is -4.36. The Morgan fingerprint density at radius 1 is 1.25 bits per heavy atom. The van der Waals surface area contributed by atoms with E-state index < -0.39 is 18.8 Å². The molecule has 0 spiro atoms. The number of alkyl halides is 3. The van der Waals surface area contributed by atoms with Gasteiger partial charge in [-0.05, 0) is 18.7 Å². The van der Waals surface area contributed by atoms with Crippen LogP contribution in [0.3, 0.4) is 0 Å². The summed E-state index contributed by atoms with van der Waals surface area (Å²) >= 11 is 12.0. The number of halogens is 5. The Kier molecular flexibility index (Phi) is 6.39. The third-order valence-corrected chi connectivity index (χ3v) is 3.17. The van der Waals surface area contributed by atoms with Crippen molar-refractivity contribution < 1.29 is 22.6 Å². The summed E-state index contributed by atoms with van der Waals surface area (Å²) in [5.74, 6) is 0.395. The SMILES string of the molecule is CNC(COCC(F)(F)F)c1cc(Cl)c(OC)cc1Cl. The van der Waals surface area contributed by atoms with E-state index in [-0.39, 0.29) is 6.61 Å². The van der Waals surface area contributed by atoms with Gasteiger partial charge in [-0.25, -0.2) is 0 Å². The van der Waals surface area contributed by atoms with Crippen LogP contribution in [-0.4, -0.2) is 33.5 Å². The van der Waals surface area contributed by atoms with Crippen LogP contribution in [0.2, 0.25) is 10.0 Å². The molecule has 0 aliphatic heterocycles. The van der Waals surface area contributed by atoms with Gasteiger partial charge in [0, 0.05) is 11.1 Å². The summed E-state index contributed by atoms with van der Waals surface area (Å²) in [4.78, 5) is 0. The van der Waals surface area contributed by atoms with Gasteiger partial charge in [0.1, 0.15) is 12.4 Å². The molecule has 0 bridgehead atoms. The third-order valence-electron chi connectivity index (χ3n) is 2.55. The Bertz CT molecular complexity index is 455. The van der Waals surface area contributed by atoms with E-state index in [0.29, 0.717) is 21.4 Å². The zero-order chi connectivity index (χ0) is 15.3. The van der Waals surface area contributed by atoms with Gasteiger partial charge in [0.2, 0.25) is 0 Å². The summed E-state index contributed by atoms with van der Waals surface area (Å²) in [7, 11) is 3.04. The zero-order valence-electron chi connectivity index (χ0n) is 10.9. The predicted molar refractivity (Wildman–Crippen MR) is 71.7 cm³/mol. The Hall–Kier alpha value is -0.690. The molecular weight excluding hydrogens is 318 g/mol. The van der Waals surface area contributed by atoms with Crippen molar-refractivity contribution in [3.63, 3.8) is 0 Å². The van der Waals surface area contributed by atoms with E-state index in [1.165, 1.54) is 13.2 Å². The lowest BCUT2D eigenvalue weighted by Gasteiger charge is -2.19. The Morgan fingerprint density at radius 3 is 2.40 bits per heavy atom. The highest BCUT2D eigenvalue weighted by Crippen LogP contribution is 2.34. The fourth-order valence-corrected chi connectivity index (χ4v) is 2.12. The largest absolute Gasteiger partial charge is 0.495 e. The number of hydrogen-bond donors (Lipinski definition) is 1. The molecule has 0 aliphatic rings. The average Bonchev–Trinajstić information content (AvgIpc) is 2.36. The lowest BCUT2D eigenvalue weighted by molar-refractivity contribution is -0.175. The van der Waals surface area contributed by atoms with Crippen molar-refractivity contribution in [3.8, 4) is 5.75 Å². The van der Waals surface area contributed by atoms with E-state index >= 15 is 0 Å². The summed E-state index contributed by atoms with van der Waals surface area (Å²) in [5, 5.41) is 3.49. The molecule has 0 saturated heterocycles. The van der Waals surface area contributed by atoms with E-state index in [9.17, 15) is 13.2 Å². The van der Waals surface area contributed by atoms with Crippen LogP contribution in [0.15, 0.2) is 12.1 Å². The maximum Gasteiger partial charge on any atom is 0.411 e. The van der Waals surface area contributed by atoms with Gasteiger partial charge in [-0.15, -0.1) is 0 Å². The molecule has 114 valence electrons. The molecule has 1 unspecified atom stereocenters. The van der Waals surface area contributed by atoms with Crippen LogP contribution >= 0.6 is 23.2 Å². The van der Waals surface area contributed by atoms with Gasteiger partial charge < -0.3 is 14.8 Å². The number of rotatable bonds is 6. The number of ether oxygens (including phenoxy) is 2. The van der Waals surface area contributed by atoms with Gasteiger partial charge in [-0.1, -0.05) is 23.2 Å². The quantitative estimate of drug-likeness (QED) is 0.859. The van der Waals surface area contributed by atoms with Crippen LogP contribution in [0.25, 0.3) is 0 Å². The molecule has 1 aromatic carbocycles. The first kappa shape index (κ1) is 17.4. The smallest absolute Gasteiger partial charge is 0.411 e. The topological polar surface area (TPSA) is 30.5 Å². The minimum absolute atomic E-state index is 0.182. The van der Waals surface area contributed by atoms with Crippen LogP contribution in [0.1, 0.15) is 11.6 Å². The number of nitrogens with one attached hydrogen (secondary N) is 1. The van der Waals surface area contributed by atoms with E-state index in [1.807, 2.05) is 0 Å². The monoisotopic (exact) mass is 331 g/mol. The highest BCUT2D eigenvalue weighted by molar-refractivity contribution is 6.34. The van der Waals surface area contributed by atoms with E-state index in [2.05, 4.69) is 10.1 Å². The summed E-state index contributed by atoms with van der Waals surface area (Å²) in [5.41, 5.74) is 0.544. The molecule has 1 N–H and O–H groups in total. The molecule has 0 aromatic heterocycles. The number of benzene rings is 1. The van der Waals surface area contributed by atoms with Crippen LogP contribution < -0.4 is 10.1 Å². The minimum Gasteiger partial charge on any atom is -0.495 e. The molecular formula is C12H14Cl2F3NO2. The van der Waals surface area contributed by atoms with Gasteiger partial charge >= 0.3 is 6.18 Å². The lowest BCUT2D eigenvalue weighted by Crippen LogP contribution is -2.26. The van der Waals surface area contributed by atoms with Crippen LogP contribution in [-0.2, 0) is 4.74 Å². The van der Waals surface area contributed by atoms with Crippen molar-refractivity contribution in [1.29, 1.82) is 0 Å². The first-order chi connectivity index (χ1) is 9.28. The van der Waals surface area contributed by atoms with E-state index in [1.54, 1.807) is 13.1 Å². The number of hydrogen-bond acceptors (Lipinski definition) is 3. The molecule has 8 heteroatoms. The van der Waals surface area contributed by atoms with Crippen molar-refractivity contribution in [2.24, 2.45) is 0 Å². The zero-order valence-corrected chi connectivity index (χ0v) is 12.4. The lowest BCUT2D eigenvalue weighted by atomic mass is 10.1. The molecule has 0 fully saturated rings. The van der Waals surface area contributed by atoms with Crippen LogP contribution in [0, 0.1) is 0 Å². The Morgan fingerprint density at radius 2 is 1.90 bits per heavy atom. The van der Waals surface area contributed by atoms with E-state index in [4.69, 9.17) is 27.9 Å². The highest BCUT2D eigenvalue weighted by atomic mass is 35.5. The second-order valence-corrected chi connectivity index (χ2v) is 4.79. The Balaban J connectivity index is 2.82. The van der Waals surface area contributed by atoms with E-state index in [0.717, 1.165) is 0 Å². The molecule has 0 saturated carbocycles. The molecule has 20 heavy (non-hydrogen) atoms. The van der Waals surface area contributed by atoms with Crippen LogP contribution in [0.5, 0.6) is 5.75 Å². The molecule has 1 rings (SSSR count). The number of likely N-dealkylation sites (N-methyl/N-ethyl adjacent to an activating group) is 1. The van der Waals surface area contributed by atoms with Crippen molar-refractivity contribution in [3.05, 3.63) is 27.7 Å². The molecule has 0 aliphatic carbocycles. The fourth-order valence-electron chi connectivity index (χ4n) is 1.59. The van der Waals surface area contributed by atoms with Crippen molar-refractivity contribution in [2.45, 2.75) is 12.2 Å². The maximum atomic E-state index is 12.0. The summed E-state index contributed by atoms with van der Waals surface area (Å²) in [6.45, 7) is -1.49.